The molecule has 30 heavy (non-hydrogen) atoms. The number of nitrogens with zero attached hydrogens (tertiary/aromatic N) is 1. The van der Waals surface area contributed by atoms with Gasteiger partial charge in [0.05, 0.1) is 20.3 Å². The Balaban J connectivity index is 1.46. The van der Waals surface area contributed by atoms with Gasteiger partial charge in [0, 0.05) is 35.6 Å². The van der Waals surface area contributed by atoms with Crippen LogP contribution in [-0.2, 0) is 17.8 Å². The SMILES string of the molecule is COc1cc2c(cc1OC)C(NC(=O)CCn1cc(C(C)=O)c3ccccc31)CC2. The lowest BCUT2D eigenvalue weighted by Crippen LogP contribution is -2.27. The summed E-state index contributed by atoms with van der Waals surface area (Å²) in [6.45, 7) is 2.09. The van der Waals surface area contributed by atoms with Crippen molar-refractivity contribution in [2.75, 3.05) is 14.2 Å². The molecule has 1 aliphatic rings. The van der Waals surface area contributed by atoms with E-state index in [2.05, 4.69) is 5.32 Å². The Morgan fingerprint density at radius 1 is 1.13 bits per heavy atom. The molecule has 3 aromatic rings. The lowest BCUT2D eigenvalue weighted by molar-refractivity contribution is -0.122. The summed E-state index contributed by atoms with van der Waals surface area (Å²) in [7, 11) is 3.24. The quantitative estimate of drug-likeness (QED) is 0.601. The number of benzene rings is 2. The molecule has 6 heteroatoms. The highest BCUT2D eigenvalue weighted by molar-refractivity contribution is 6.07. The summed E-state index contributed by atoms with van der Waals surface area (Å²) < 4.78 is 12.8. The van der Waals surface area contributed by atoms with E-state index in [0.29, 0.717) is 30.0 Å². The largest absolute Gasteiger partial charge is 0.493 e. The van der Waals surface area contributed by atoms with Gasteiger partial charge in [-0.3, -0.25) is 9.59 Å². The number of ketones is 1. The average Bonchev–Trinajstić information content (AvgIpc) is 3.32. The van der Waals surface area contributed by atoms with Crippen LogP contribution in [0, 0.1) is 0 Å². The zero-order valence-electron chi connectivity index (χ0n) is 17.5. The third-order valence-electron chi connectivity index (χ3n) is 5.81. The van der Waals surface area contributed by atoms with Crippen LogP contribution in [0.3, 0.4) is 0 Å². The molecular weight excluding hydrogens is 380 g/mol. The van der Waals surface area contributed by atoms with Gasteiger partial charge in [0.1, 0.15) is 0 Å². The summed E-state index contributed by atoms with van der Waals surface area (Å²) in [6, 6.07) is 11.7. The van der Waals surface area contributed by atoms with Crippen molar-refractivity contribution in [1.29, 1.82) is 0 Å². The Bertz CT molecular complexity index is 1120. The van der Waals surface area contributed by atoms with E-state index in [1.165, 1.54) is 5.56 Å². The third kappa shape index (κ3) is 3.65. The predicted octanol–water partition coefficient (Wildman–Crippen LogP) is 4.05. The second-order valence-electron chi connectivity index (χ2n) is 7.62. The number of Topliss-reactive ketones (excluding diaryl/α,β-unsaturated/α-hetero) is 1. The smallest absolute Gasteiger partial charge is 0.222 e. The molecule has 0 saturated carbocycles. The number of amides is 1. The first-order valence-corrected chi connectivity index (χ1v) is 10.1. The molecule has 0 radical (unpaired) electrons. The maximum Gasteiger partial charge on any atom is 0.222 e. The van der Waals surface area contributed by atoms with Crippen LogP contribution in [0.15, 0.2) is 42.6 Å². The molecule has 1 aliphatic carbocycles. The van der Waals surface area contributed by atoms with Crippen molar-refractivity contribution in [1.82, 2.24) is 9.88 Å². The molecular formula is C24H26N2O4. The first kappa shape index (κ1) is 20.0. The van der Waals surface area contributed by atoms with Crippen molar-refractivity contribution in [3.8, 4) is 11.5 Å². The van der Waals surface area contributed by atoms with Crippen molar-refractivity contribution < 1.29 is 19.1 Å². The highest BCUT2D eigenvalue weighted by Gasteiger charge is 2.26. The Labute approximate surface area is 175 Å². The molecule has 0 spiro atoms. The highest BCUT2D eigenvalue weighted by atomic mass is 16.5. The molecule has 0 bridgehead atoms. The van der Waals surface area contributed by atoms with Gasteiger partial charge in [0.25, 0.3) is 0 Å². The van der Waals surface area contributed by atoms with E-state index >= 15 is 0 Å². The van der Waals surface area contributed by atoms with Gasteiger partial charge in [-0.05, 0) is 49.1 Å². The van der Waals surface area contributed by atoms with E-state index in [9.17, 15) is 9.59 Å². The molecule has 4 rings (SSSR count). The molecule has 1 amide bonds. The Kier molecular flexibility index (Phi) is 5.48. The predicted molar refractivity (Wildman–Crippen MR) is 115 cm³/mol. The molecule has 1 heterocycles. The molecule has 0 aliphatic heterocycles. The molecule has 6 nitrogen and oxygen atoms in total. The number of rotatable bonds is 7. The van der Waals surface area contributed by atoms with Crippen LogP contribution in [0.5, 0.6) is 11.5 Å². The number of carbonyl (C=O) groups excluding carboxylic acids is 2. The number of carbonyl (C=O) groups is 2. The summed E-state index contributed by atoms with van der Waals surface area (Å²) in [5, 5.41) is 4.08. The van der Waals surface area contributed by atoms with Gasteiger partial charge < -0.3 is 19.4 Å². The van der Waals surface area contributed by atoms with Crippen molar-refractivity contribution in [2.24, 2.45) is 0 Å². The van der Waals surface area contributed by atoms with Gasteiger partial charge in [-0.15, -0.1) is 0 Å². The van der Waals surface area contributed by atoms with E-state index in [0.717, 1.165) is 29.3 Å². The van der Waals surface area contributed by atoms with Gasteiger partial charge in [0.15, 0.2) is 17.3 Å². The van der Waals surface area contributed by atoms with Crippen LogP contribution in [0.4, 0.5) is 0 Å². The number of ether oxygens (including phenoxy) is 2. The van der Waals surface area contributed by atoms with E-state index in [1.54, 1.807) is 21.1 Å². The number of fused-ring (bicyclic) bond motifs is 2. The standard InChI is InChI=1S/C24H26N2O4/c1-15(27)19-14-26(21-7-5-4-6-17(19)21)11-10-24(28)25-20-9-8-16-12-22(29-2)23(30-3)13-18(16)20/h4-7,12-14,20H,8-11H2,1-3H3,(H,25,28). The minimum atomic E-state index is -0.0264. The van der Waals surface area contributed by atoms with Crippen LogP contribution in [0.25, 0.3) is 10.9 Å². The van der Waals surface area contributed by atoms with E-state index < -0.39 is 0 Å². The summed E-state index contributed by atoms with van der Waals surface area (Å²) in [5.41, 5.74) is 3.93. The van der Waals surface area contributed by atoms with Crippen LogP contribution in [-0.4, -0.2) is 30.5 Å². The number of para-hydroxylation sites is 1. The van der Waals surface area contributed by atoms with Crippen molar-refractivity contribution in [2.45, 2.75) is 38.8 Å². The van der Waals surface area contributed by atoms with Crippen molar-refractivity contribution >= 4 is 22.6 Å². The van der Waals surface area contributed by atoms with Gasteiger partial charge >= 0.3 is 0 Å². The topological polar surface area (TPSA) is 69.6 Å². The fourth-order valence-corrected chi connectivity index (χ4v) is 4.28. The first-order valence-electron chi connectivity index (χ1n) is 10.1. The number of methoxy groups -OCH3 is 2. The average molecular weight is 406 g/mol. The number of hydrogen-bond donors (Lipinski definition) is 1. The molecule has 156 valence electrons. The van der Waals surface area contributed by atoms with Gasteiger partial charge in [-0.25, -0.2) is 0 Å². The summed E-state index contributed by atoms with van der Waals surface area (Å²) in [6.07, 6.45) is 3.95. The van der Waals surface area contributed by atoms with Crippen LogP contribution in [0.2, 0.25) is 0 Å². The lowest BCUT2D eigenvalue weighted by Gasteiger charge is -2.16. The molecule has 1 unspecified atom stereocenters. The minimum Gasteiger partial charge on any atom is -0.493 e. The number of aromatic nitrogens is 1. The summed E-state index contributed by atoms with van der Waals surface area (Å²) in [5.74, 6) is 1.41. The second-order valence-corrected chi connectivity index (χ2v) is 7.62. The Hall–Kier alpha value is -3.28. The lowest BCUT2D eigenvalue weighted by atomic mass is 10.1. The number of aryl methyl sites for hydroxylation is 2. The number of nitrogens with one attached hydrogen (secondary N) is 1. The monoisotopic (exact) mass is 406 g/mol. The van der Waals surface area contributed by atoms with Crippen LogP contribution >= 0.6 is 0 Å². The maximum atomic E-state index is 12.7. The minimum absolute atomic E-state index is 0.00945. The van der Waals surface area contributed by atoms with E-state index in [4.69, 9.17) is 9.47 Å². The van der Waals surface area contributed by atoms with Crippen molar-refractivity contribution in [3.63, 3.8) is 0 Å². The number of hydrogen-bond acceptors (Lipinski definition) is 4. The molecule has 1 N–H and O–H groups in total. The molecule has 2 aromatic carbocycles. The molecule has 1 atom stereocenters. The summed E-state index contributed by atoms with van der Waals surface area (Å²) in [4.78, 5) is 24.6. The highest BCUT2D eigenvalue weighted by Crippen LogP contribution is 2.39. The van der Waals surface area contributed by atoms with E-state index in [1.807, 2.05) is 47.2 Å². The van der Waals surface area contributed by atoms with Gasteiger partial charge in [-0.2, -0.15) is 0 Å². The third-order valence-corrected chi connectivity index (χ3v) is 5.81. The maximum absolute atomic E-state index is 12.7. The zero-order valence-corrected chi connectivity index (χ0v) is 17.5. The Morgan fingerprint density at radius 2 is 1.87 bits per heavy atom. The molecule has 0 saturated heterocycles. The zero-order chi connectivity index (χ0) is 21.3. The summed E-state index contributed by atoms with van der Waals surface area (Å²) >= 11 is 0. The fraction of sp³-hybridized carbons (Fsp3) is 0.333. The fourth-order valence-electron chi connectivity index (χ4n) is 4.28. The van der Waals surface area contributed by atoms with Crippen LogP contribution < -0.4 is 14.8 Å². The molecule has 1 aromatic heterocycles. The molecule has 0 fully saturated rings. The normalized spacial score (nSPS) is 15.1. The Morgan fingerprint density at radius 3 is 2.60 bits per heavy atom. The van der Waals surface area contributed by atoms with E-state index in [-0.39, 0.29) is 17.7 Å². The van der Waals surface area contributed by atoms with Gasteiger partial charge in [-0.1, -0.05) is 18.2 Å². The second kappa shape index (κ2) is 8.22. The van der Waals surface area contributed by atoms with Crippen molar-refractivity contribution in [3.05, 3.63) is 59.3 Å². The van der Waals surface area contributed by atoms with Crippen LogP contribution in [0.1, 0.15) is 47.3 Å². The first-order chi connectivity index (χ1) is 14.5. The van der Waals surface area contributed by atoms with Gasteiger partial charge in [0.2, 0.25) is 5.91 Å².